The predicted molar refractivity (Wildman–Crippen MR) is 97.7 cm³/mol. The van der Waals surface area contributed by atoms with Crippen LogP contribution in [0.5, 0.6) is 5.75 Å². The fourth-order valence-electron chi connectivity index (χ4n) is 3.41. The average molecular weight is 335 g/mol. The van der Waals surface area contributed by atoms with E-state index < -0.39 is 0 Å². The van der Waals surface area contributed by atoms with E-state index in [9.17, 15) is 0 Å². The average Bonchev–Trinajstić information content (AvgIpc) is 3.01. The Labute approximate surface area is 146 Å². The zero-order valence-electron chi connectivity index (χ0n) is 14.3. The number of fused-ring (bicyclic) bond motifs is 1. The van der Waals surface area contributed by atoms with Gasteiger partial charge in [-0.05, 0) is 25.0 Å². The molecule has 6 heteroatoms. The molecule has 0 saturated carbocycles. The Bertz CT molecular complexity index is 887. The van der Waals surface area contributed by atoms with E-state index in [1.165, 1.54) is 11.1 Å². The highest BCUT2D eigenvalue weighted by Gasteiger charge is 2.32. The van der Waals surface area contributed by atoms with Crippen LogP contribution in [0.25, 0.3) is 0 Å². The van der Waals surface area contributed by atoms with E-state index in [-0.39, 0.29) is 18.0 Å². The van der Waals surface area contributed by atoms with E-state index >= 15 is 0 Å². The maximum Gasteiger partial charge on any atom is 0.241 e. The molecule has 0 amide bonds. The van der Waals surface area contributed by atoms with Gasteiger partial charge in [0.25, 0.3) is 0 Å². The van der Waals surface area contributed by atoms with Gasteiger partial charge in [-0.1, -0.05) is 48.0 Å². The van der Waals surface area contributed by atoms with Crippen molar-refractivity contribution in [3.05, 3.63) is 65.2 Å². The fraction of sp³-hybridized carbons (Fsp3) is 0.263. The number of nitrogens with two attached hydrogens (primary N) is 1. The molecule has 2 heterocycles. The van der Waals surface area contributed by atoms with Crippen molar-refractivity contribution >= 4 is 11.9 Å². The normalized spacial score (nSPS) is 19.1. The van der Waals surface area contributed by atoms with E-state index in [1.807, 2.05) is 22.9 Å². The van der Waals surface area contributed by atoms with Gasteiger partial charge in [0.1, 0.15) is 5.75 Å². The number of nitrogens with one attached hydrogen (secondary N) is 1. The molecule has 128 valence electrons. The van der Waals surface area contributed by atoms with Crippen LogP contribution in [0.3, 0.4) is 0 Å². The van der Waals surface area contributed by atoms with Gasteiger partial charge in [0.2, 0.25) is 11.9 Å². The summed E-state index contributed by atoms with van der Waals surface area (Å²) in [4.78, 5) is 4.35. The fourth-order valence-corrected chi connectivity index (χ4v) is 3.41. The van der Waals surface area contributed by atoms with Gasteiger partial charge in [0.05, 0.1) is 19.2 Å². The molecular formula is C19H21N5O. The van der Waals surface area contributed by atoms with Crippen LogP contribution >= 0.6 is 0 Å². The molecule has 0 spiro atoms. The van der Waals surface area contributed by atoms with Gasteiger partial charge >= 0.3 is 0 Å². The molecule has 1 aliphatic rings. The van der Waals surface area contributed by atoms with E-state index in [4.69, 9.17) is 10.5 Å². The number of aromatic nitrogens is 3. The van der Waals surface area contributed by atoms with E-state index in [1.54, 1.807) is 7.11 Å². The zero-order chi connectivity index (χ0) is 17.4. The number of hydrogen-bond donors (Lipinski definition) is 2. The third kappa shape index (κ3) is 2.80. The molecule has 6 nitrogen and oxygen atoms in total. The number of rotatable bonds is 3. The van der Waals surface area contributed by atoms with E-state index in [2.05, 4.69) is 52.7 Å². The van der Waals surface area contributed by atoms with Crippen LogP contribution in [0.4, 0.5) is 11.9 Å². The Hall–Kier alpha value is -3.02. The Morgan fingerprint density at radius 3 is 2.68 bits per heavy atom. The van der Waals surface area contributed by atoms with Crippen LogP contribution in [0.1, 0.15) is 35.2 Å². The van der Waals surface area contributed by atoms with Gasteiger partial charge in [-0.2, -0.15) is 4.98 Å². The topological polar surface area (TPSA) is 78.0 Å². The Morgan fingerprint density at radius 1 is 1.16 bits per heavy atom. The van der Waals surface area contributed by atoms with Crippen LogP contribution in [0.2, 0.25) is 0 Å². The number of nitrogen functional groups attached to an aromatic ring is 1. The van der Waals surface area contributed by atoms with Crippen molar-refractivity contribution in [3.63, 3.8) is 0 Å². The summed E-state index contributed by atoms with van der Waals surface area (Å²) in [5.74, 6) is 1.80. The second-order valence-electron chi connectivity index (χ2n) is 6.34. The van der Waals surface area contributed by atoms with Gasteiger partial charge < -0.3 is 15.8 Å². The lowest BCUT2D eigenvalue weighted by Gasteiger charge is -2.32. The minimum Gasteiger partial charge on any atom is -0.496 e. The first-order valence-electron chi connectivity index (χ1n) is 8.33. The summed E-state index contributed by atoms with van der Waals surface area (Å²) < 4.78 is 7.42. The molecule has 0 bridgehead atoms. The lowest BCUT2D eigenvalue weighted by Crippen LogP contribution is -2.28. The molecule has 0 radical (unpaired) electrons. The van der Waals surface area contributed by atoms with Crippen molar-refractivity contribution in [1.29, 1.82) is 0 Å². The predicted octanol–water partition coefficient (Wildman–Crippen LogP) is 3.32. The second kappa shape index (κ2) is 6.12. The first kappa shape index (κ1) is 15.5. The highest BCUT2D eigenvalue weighted by atomic mass is 16.5. The maximum absolute atomic E-state index is 5.86. The first-order chi connectivity index (χ1) is 12.2. The quantitative estimate of drug-likeness (QED) is 0.768. The van der Waals surface area contributed by atoms with Crippen LogP contribution < -0.4 is 15.8 Å². The number of para-hydroxylation sites is 1. The minimum absolute atomic E-state index is 0.00324. The molecule has 1 aromatic heterocycles. The largest absolute Gasteiger partial charge is 0.496 e. The summed E-state index contributed by atoms with van der Waals surface area (Å²) in [5.41, 5.74) is 9.40. The summed E-state index contributed by atoms with van der Waals surface area (Å²) in [7, 11) is 1.69. The standard InChI is InChI=1S/C19H21N5O/c1-12-7-9-13(10-8-12)15-11-16(14-5-3-4-6-17(14)25-2)24-19(21-15)22-18(20)23-24/h3-10,15-16H,11H2,1-2H3,(H3,20,21,22,23). The first-order valence-corrected chi connectivity index (χ1v) is 8.33. The Balaban J connectivity index is 1.78. The molecule has 2 aromatic carbocycles. The molecule has 4 rings (SSSR count). The number of hydrogen-bond acceptors (Lipinski definition) is 5. The van der Waals surface area contributed by atoms with Gasteiger partial charge in [-0.3, -0.25) is 0 Å². The van der Waals surface area contributed by atoms with E-state index in [0.717, 1.165) is 17.7 Å². The molecule has 25 heavy (non-hydrogen) atoms. The molecule has 1 aliphatic heterocycles. The van der Waals surface area contributed by atoms with Crippen molar-refractivity contribution in [2.24, 2.45) is 0 Å². The van der Waals surface area contributed by atoms with Crippen molar-refractivity contribution in [1.82, 2.24) is 14.8 Å². The summed E-state index contributed by atoms with van der Waals surface area (Å²) in [5, 5.41) is 7.85. The highest BCUT2D eigenvalue weighted by molar-refractivity contribution is 5.45. The smallest absolute Gasteiger partial charge is 0.241 e. The van der Waals surface area contributed by atoms with Gasteiger partial charge in [0.15, 0.2) is 0 Å². The van der Waals surface area contributed by atoms with Crippen molar-refractivity contribution in [2.75, 3.05) is 18.2 Å². The van der Waals surface area contributed by atoms with Crippen LogP contribution in [-0.4, -0.2) is 21.9 Å². The third-order valence-electron chi connectivity index (χ3n) is 4.68. The molecule has 2 unspecified atom stereocenters. The third-order valence-corrected chi connectivity index (χ3v) is 4.68. The number of nitrogens with zero attached hydrogens (tertiary/aromatic N) is 3. The summed E-state index contributed by atoms with van der Waals surface area (Å²) in [6, 6.07) is 16.7. The van der Waals surface area contributed by atoms with Gasteiger partial charge in [-0.15, -0.1) is 5.10 Å². The Morgan fingerprint density at radius 2 is 1.92 bits per heavy atom. The van der Waals surface area contributed by atoms with Crippen molar-refractivity contribution in [3.8, 4) is 5.75 Å². The highest BCUT2D eigenvalue weighted by Crippen LogP contribution is 2.40. The molecule has 0 fully saturated rings. The van der Waals surface area contributed by atoms with Gasteiger partial charge in [0, 0.05) is 5.56 Å². The van der Waals surface area contributed by atoms with Crippen molar-refractivity contribution in [2.45, 2.75) is 25.4 Å². The number of methoxy groups -OCH3 is 1. The molecular weight excluding hydrogens is 314 g/mol. The minimum atomic E-state index is 0.00324. The summed E-state index contributed by atoms with van der Waals surface area (Å²) in [6.45, 7) is 2.09. The van der Waals surface area contributed by atoms with Gasteiger partial charge in [-0.25, -0.2) is 4.68 Å². The van der Waals surface area contributed by atoms with Crippen LogP contribution in [-0.2, 0) is 0 Å². The van der Waals surface area contributed by atoms with Crippen LogP contribution in [0, 0.1) is 6.92 Å². The second-order valence-corrected chi connectivity index (χ2v) is 6.34. The zero-order valence-corrected chi connectivity index (χ0v) is 14.3. The number of aryl methyl sites for hydroxylation is 1. The molecule has 0 aliphatic carbocycles. The van der Waals surface area contributed by atoms with Crippen molar-refractivity contribution < 1.29 is 4.74 Å². The SMILES string of the molecule is COc1ccccc1C1CC(c2ccc(C)cc2)Nc2nc(N)nn21. The summed E-state index contributed by atoms with van der Waals surface area (Å²) >= 11 is 0. The number of anilines is 2. The maximum atomic E-state index is 5.86. The number of ether oxygens (including phenoxy) is 1. The monoisotopic (exact) mass is 335 g/mol. The lowest BCUT2D eigenvalue weighted by molar-refractivity contribution is 0.380. The Kier molecular flexibility index (Phi) is 3.80. The molecule has 0 saturated heterocycles. The molecule has 3 N–H and O–H groups in total. The molecule has 2 atom stereocenters. The molecule has 3 aromatic rings. The lowest BCUT2D eigenvalue weighted by atomic mass is 9.92. The van der Waals surface area contributed by atoms with E-state index in [0.29, 0.717) is 5.95 Å². The van der Waals surface area contributed by atoms with Crippen LogP contribution in [0.15, 0.2) is 48.5 Å². The number of benzene rings is 2. The summed E-state index contributed by atoms with van der Waals surface area (Å²) in [6.07, 6.45) is 0.833.